The van der Waals surface area contributed by atoms with E-state index in [-0.39, 0.29) is 22.4 Å². The van der Waals surface area contributed by atoms with Gasteiger partial charge in [-0.15, -0.1) is 0 Å². The van der Waals surface area contributed by atoms with Crippen LogP contribution in [0.2, 0.25) is 0 Å². The lowest BCUT2D eigenvalue weighted by Gasteiger charge is -2.13. The molecule has 0 aliphatic carbocycles. The third kappa shape index (κ3) is 3.61. The normalized spacial score (nSPS) is 13.7. The van der Waals surface area contributed by atoms with Gasteiger partial charge in [0.2, 0.25) is 0 Å². The zero-order valence-electron chi connectivity index (χ0n) is 19.8. The van der Waals surface area contributed by atoms with Crippen molar-refractivity contribution in [2.24, 2.45) is 0 Å². The molecule has 1 aliphatic heterocycles. The molecule has 7 nitrogen and oxygen atoms in total. The number of pyridine rings is 1. The maximum atomic E-state index is 13.9. The van der Waals surface area contributed by atoms with Crippen molar-refractivity contribution in [2.75, 3.05) is 4.90 Å². The zero-order chi connectivity index (χ0) is 24.7. The van der Waals surface area contributed by atoms with Crippen LogP contribution in [0.25, 0.3) is 17.0 Å². The number of anilines is 1. The predicted octanol–water partition coefficient (Wildman–Crippen LogP) is 3.57. The van der Waals surface area contributed by atoms with Crippen LogP contribution in [0.3, 0.4) is 0 Å². The Morgan fingerprint density at radius 1 is 0.857 bits per heavy atom. The predicted molar refractivity (Wildman–Crippen MR) is 134 cm³/mol. The lowest BCUT2D eigenvalue weighted by Crippen LogP contribution is -2.39. The molecule has 0 radical (unpaired) electrons. The second-order valence-corrected chi connectivity index (χ2v) is 8.54. The zero-order valence-corrected chi connectivity index (χ0v) is 19.8. The molecule has 0 saturated carbocycles. The maximum absolute atomic E-state index is 13.9. The van der Waals surface area contributed by atoms with Gasteiger partial charge in [0.1, 0.15) is 5.57 Å². The molecule has 174 valence electrons. The van der Waals surface area contributed by atoms with Gasteiger partial charge in [-0.2, -0.15) is 4.57 Å². The number of aromatic nitrogens is 3. The van der Waals surface area contributed by atoms with E-state index in [1.807, 2.05) is 51.1 Å². The minimum atomic E-state index is -0.522. The minimum Gasteiger partial charge on any atom is -0.294 e. The molecule has 7 heteroatoms. The van der Waals surface area contributed by atoms with E-state index in [0.717, 1.165) is 16.0 Å². The van der Waals surface area contributed by atoms with E-state index in [4.69, 9.17) is 0 Å². The fourth-order valence-electron chi connectivity index (χ4n) is 4.56. The molecule has 1 aliphatic rings. The number of amides is 2. The average Bonchev–Trinajstić information content (AvgIpc) is 3.32. The van der Waals surface area contributed by atoms with Gasteiger partial charge in [-0.3, -0.25) is 19.5 Å². The SMILES string of the molecule is CCc1[nH]n(-c2ccc(C)cc2C)c(=O)c1C1=C([n+]2ccccc2)C(=O)N(c2ccccc2)C1=O. The van der Waals surface area contributed by atoms with Crippen LogP contribution in [-0.4, -0.2) is 21.6 Å². The highest BCUT2D eigenvalue weighted by Crippen LogP contribution is 2.33. The number of aryl methyl sites for hydroxylation is 3. The van der Waals surface area contributed by atoms with Crippen molar-refractivity contribution in [3.63, 3.8) is 0 Å². The van der Waals surface area contributed by atoms with Crippen LogP contribution in [0.5, 0.6) is 0 Å². The largest absolute Gasteiger partial charge is 0.331 e. The molecule has 0 fully saturated rings. The highest BCUT2D eigenvalue weighted by molar-refractivity contribution is 6.53. The summed E-state index contributed by atoms with van der Waals surface area (Å²) in [6, 6.07) is 20.0. The molecule has 2 aromatic heterocycles. The molecule has 0 unspecified atom stereocenters. The smallest absolute Gasteiger partial charge is 0.294 e. The van der Waals surface area contributed by atoms with Crippen LogP contribution < -0.4 is 15.0 Å². The van der Waals surface area contributed by atoms with Crippen LogP contribution in [0, 0.1) is 13.8 Å². The molecule has 0 bridgehead atoms. The Kier molecular flexibility index (Phi) is 5.53. The Labute approximate surface area is 202 Å². The molecule has 2 amide bonds. The van der Waals surface area contributed by atoms with E-state index < -0.39 is 11.8 Å². The number of H-pyrrole nitrogens is 1. The molecule has 2 aromatic carbocycles. The van der Waals surface area contributed by atoms with Gasteiger partial charge in [-0.25, -0.2) is 9.58 Å². The van der Waals surface area contributed by atoms with Gasteiger partial charge in [-0.1, -0.05) is 48.9 Å². The molecular formula is C28H25N4O3+. The number of imide groups is 1. The molecular weight excluding hydrogens is 440 g/mol. The van der Waals surface area contributed by atoms with Crippen LogP contribution >= 0.6 is 0 Å². The van der Waals surface area contributed by atoms with Gasteiger partial charge in [-0.05, 0) is 44.0 Å². The number of rotatable bonds is 5. The van der Waals surface area contributed by atoms with Crippen LogP contribution in [-0.2, 0) is 16.0 Å². The summed E-state index contributed by atoms with van der Waals surface area (Å²) in [5, 5.41) is 3.19. The van der Waals surface area contributed by atoms with Gasteiger partial charge in [0.25, 0.3) is 17.2 Å². The van der Waals surface area contributed by atoms with Crippen molar-refractivity contribution >= 4 is 28.8 Å². The lowest BCUT2D eigenvalue weighted by molar-refractivity contribution is -0.576. The maximum Gasteiger partial charge on any atom is 0.331 e. The molecule has 0 spiro atoms. The summed E-state index contributed by atoms with van der Waals surface area (Å²) < 4.78 is 3.07. The Hall–Kier alpha value is -4.52. The standard InChI is InChI=1S/C28H24N4O3/c1-4-21-23(27(34)32(29-21)22-14-13-18(2)17-19(22)3)24-25(30-15-9-6-10-16-30)28(35)31(26(24)33)20-11-7-5-8-12-20/h5-17H,4H2,1-3H3/p+1. The number of carbonyl (C=O) groups excluding carboxylic acids is 2. The van der Waals surface area contributed by atoms with Gasteiger partial charge >= 0.3 is 5.91 Å². The van der Waals surface area contributed by atoms with Gasteiger partial charge < -0.3 is 0 Å². The van der Waals surface area contributed by atoms with E-state index in [0.29, 0.717) is 23.5 Å². The molecule has 5 rings (SSSR count). The van der Waals surface area contributed by atoms with Crippen LogP contribution in [0.4, 0.5) is 5.69 Å². The second-order valence-electron chi connectivity index (χ2n) is 8.54. The number of aromatic amines is 1. The monoisotopic (exact) mass is 465 g/mol. The summed E-state index contributed by atoms with van der Waals surface area (Å²) in [6.07, 6.45) is 3.89. The highest BCUT2D eigenvalue weighted by atomic mass is 16.2. The Balaban J connectivity index is 1.78. The van der Waals surface area contributed by atoms with Gasteiger partial charge in [0, 0.05) is 17.8 Å². The first-order valence-corrected chi connectivity index (χ1v) is 11.5. The number of nitrogens with zero attached hydrogens (tertiary/aromatic N) is 3. The number of nitrogens with one attached hydrogen (secondary N) is 1. The fourth-order valence-corrected chi connectivity index (χ4v) is 4.56. The molecule has 4 aromatic rings. The number of benzene rings is 2. The number of hydrogen-bond donors (Lipinski definition) is 1. The first-order valence-electron chi connectivity index (χ1n) is 11.5. The van der Waals surface area contributed by atoms with E-state index in [9.17, 15) is 14.4 Å². The average molecular weight is 466 g/mol. The number of hydrogen-bond acceptors (Lipinski definition) is 3. The number of carbonyl (C=O) groups is 2. The van der Waals surface area contributed by atoms with E-state index in [1.165, 1.54) is 4.68 Å². The van der Waals surface area contributed by atoms with E-state index in [2.05, 4.69) is 5.10 Å². The van der Waals surface area contributed by atoms with E-state index in [1.54, 1.807) is 53.4 Å². The van der Waals surface area contributed by atoms with Crippen molar-refractivity contribution in [1.29, 1.82) is 0 Å². The Bertz CT molecular complexity index is 1550. The van der Waals surface area contributed by atoms with Crippen molar-refractivity contribution < 1.29 is 14.2 Å². The van der Waals surface area contributed by atoms with Gasteiger partial charge in [0.15, 0.2) is 12.4 Å². The Morgan fingerprint density at radius 2 is 1.54 bits per heavy atom. The molecule has 0 atom stereocenters. The minimum absolute atomic E-state index is 0.0941. The molecule has 35 heavy (non-hydrogen) atoms. The quantitative estimate of drug-likeness (QED) is 0.362. The summed E-state index contributed by atoms with van der Waals surface area (Å²) in [4.78, 5) is 42.5. The highest BCUT2D eigenvalue weighted by Gasteiger charge is 2.48. The van der Waals surface area contributed by atoms with Crippen LogP contribution in [0.1, 0.15) is 29.3 Å². The molecule has 3 heterocycles. The van der Waals surface area contributed by atoms with Crippen molar-refractivity contribution in [3.05, 3.63) is 112 Å². The fraction of sp³-hybridized carbons (Fsp3) is 0.143. The third-order valence-electron chi connectivity index (χ3n) is 6.21. The van der Waals surface area contributed by atoms with Crippen molar-refractivity contribution in [1.82, 2.24) is 9.78 Å². The molecule has 0 saturated heterocycles. The van der Waals surface area contributed by atoms with E-state index >= 15 is 0 Å². The summed E-state index contributed by atoms with van der Waals surface area (Å²) in [6.45, 7) is 5.84. The Morgan fingerprint density at radius 3 is 2.20 bits per heavy atom. The second kappa shape index (κ2) is 8.68. The topological polar surface area (TPSA) is 79.1 Å². The summed E-state index contributed by atoms with van der Waals surface area (Å²) >= 11 is 0. The first-order chi connectivity index (χ1) is 16.9. The third-order valence-corrected chi connectivity index (χ3v) is 6.21. The van der Waals surface area contributed by atoms with Crippen molar-refractivity contribution in [3.8, 4) is 5.69 Å². The van der Waals surface area contributed by atoms with Crippen molar-refractivity contribution in [2.45, 2.75) is 27.2 Å². The van der Waals surface area contributed by atoms with Gasteiger partial charge in [0.05, 0.1) is 16.9 Å². The first kappa shape index (κ1) is 22.3. The number of para-hydroxylation sites is 1. The summed E-state index contributed by atoms with van der Waals surface area (Å²) in [7, 11) is 0. The van der Waals surface area contributed by atoms with Crippen LogP contribution in [0.15, 0.2) is 83.9 Å². The lowest BCUT2D eigenvalue weighted by atomic mass is 10.0. The molecule has 1 N–H and O–H groups in total. The summed E-state index contributed by atoms with van der Waals surface area (Å²) in [5.74, 6) is -1.00. The summed E-state index contributed by atoms with van der Waals surface area (Å²) in [5.41, 5.74) is 3.85.